The first-order valence-electron chi connectivity index (χ1n) is 5.37. The lowest BCUT2D eigenvalue weighted by atomic mass is 10.3. The second-order valence-corrected chi connectivity index (χ2v) is 4.47. The fourth-order valence-electron chi connectivity index (χ4n) is 1.36. The van der Waals surface area contributed by atoms with Crippen molar-refractivity contribution in [3.05, 3.63) is 35.5 Å². The summed E-state index contributed by atoms with van der Waals surface area (Å²) in [5.41, 5.74) is 1.55. The van der Waals surface area contributed by atoms with E-state index in [9.17, 15) is 4.79 Å². The van der Waals surface area contributed by atoms with Gasteiger partial charge in [0.2, 0.25) is 0 Å². The molecule has 0 aromatic carbocycles. The largest absolute Gasteiger partial charge is 0.275 e. The van der Waals surface area contributed by atoms with E-state index in [4.69, 9.17) is 4.84 Å². The monoisotopic (exact) mass is 263 g/mol. The van der Waals surface area contributed by atoms with Crippen LogP contribution in [0.15, 0.2) is 29.8 Å². The Morgan fingerprint density at radius 3 is 3.00 bits per heavy atom. The molecule has 0 N–H and O–H groups in total. The summed E-state index contributed by atoms with van der Waals surface area (Å²) in [6.07, 6.45) is 1.95. The number of hydrogen-bond acceptors (Lipinski definition) is 5. The van der Waals surface area contributed by atoms with Crippen molar-refractivity contribution in [2.45, 2.75) is 6.42 Å². The molecule has 94 valence electrons. The number of amides is 1. The molecule has 0 fully saturated rings. The lowest BCUT2D eigenvalue weighted by Gasteiger charge is -2.12. The van der Waals surface area contributed by atoms with E-state index in [2.05, 4.69) is 9.97 Å². The molecular formula is C12H13N3O2S. The number of carbonyl (C=O) groups is 1. The summed E-state index contributed by atoms with van der Waals surface area (Å²) in [5.74, 6) is -0.129. The Balaban J connectivity index is 2.10. The summed E-state index contributed by atoms with van der Waals surface area (Å²) < 4.78 is 0. The minimum atomic E-state index is -0.129. The fraction of sp³-hybridized carbons (Fsp3) is 0.250. The molecule has 1 amide bonds. The van der Waals surface area contributed by atoms with E-state index in [0.29, 0.717) is 0 Å². The number of carbonyl (C=O) groups excluding carboxylic acids is 1. The molecule has 6 heteroatoms. The number of hydrogen-bond donors (Lipinski definition) is 0. The van der Waals surface area contributed by atoms with E-state index in [1.165, 1.54) is 23.5 Å². The summed E-state index contributed by atoms with van der Waals surface area (Å²) in [6.45, 7) is 0. The van der Waals surface area contributed by atoms with Gasteiger partial charge < -0.3 is 0 Å². The quantitative estimate of drug-likeness (QED) is 0.789. The lowest BCUT2D eigenvalue weighted by molar-refractivity contribution is -0.167. The molecule has 0 aliphatic rings. The number of pyridine rings is 1. The molecule has 0 aliphatic carbocycles. The molecule has 0 radical (unpaired) electrons. The first-order valence-corrected chi connectivity index (χ1v) is 6.25. The molecule has 2 aromatic heterocycles. The Morgan fingerprint density at radius 2 is 2.33 bits per heavy atom. The van der Waals surface area contributed by atoms with Crippen LogP contribution >= 0.6 is 11.3 Å². The van der Waals surface area contributed by atoms with Gasteiger partial charge in [0.05, 0.1) is 24.9 Å². The summed E-state index contributed by atoms with van der Waals surface area (Å²) in [5, 5.41) is 3.88. The zero-order valence-electron chi connectivity index (χ0n) is 10.2. The van der Waals surface area contributed by atoms with Crippen molar-refractivity contribution in [3.8, 4) is 10.7 Å². The third-order valence-electron chi connectivity index (χ3n) is 2.39. The average molecular weight is 263 g/mol. The maximum atomic E-state index is 11.6. The number of rotatable bonds is 4. The van der Waals surface area contributed by atoms with E-state index in [0.717, 1.165) is 16.4 Å². The number of aromatic nitrogens is 2. The van der Waals surface area contributed by atoms with Crippen LogP contribution in [0.3, 0.4) is 0 Å². The van der Waals surface area contributed by atoms with Gasteiger partial charge in [-0.3, -0.25) is 14.6 Å². The van der Waals surface area contributed by atoms with Gasteiger partial charge >= 0.3 is 0 Å². The summed E-state index contributed by atoms with van der Waals surface area (Å²) in [4.78, 5) is 25.1. The molecule has 0 unspecified atom stereocenters. The second kappa shape index (κ2) is 5.70. The minimum Gasteiger partial charge on any atom is -0.275 e. The van der Waals surface area contributed by atoms with E-state index in [-0.39, 0.29) is 12.3 Å². The normalized spacial score (nSPS) is 10.3. The topological polar surface area (TPSA) is 55.3 Å². The highest BCUT2D eigenvalue weighted by Crippen LogP contribution is 2.21. The average Bonchev–Trinajstić information content (AvgIpc) is 2.87. The van der Waals surface area contributed by atoms with Crippen LogP contribution in [-0.4, -0.2) is 35.1 Å². The molecule has 18 heavy (non-hydrogen) atoms. The van der Waals surface area contributed by atoms with Crippen LogP contribution < -0.4 is 0 Å². The van der Waals surface area contributed by atoms with Crippen LogP contribution in [0.4, 0.5) is 0 Å². The van der Waals surface area contributed by atoms with Crippen LogP contribution in [0.1, 0.15) is 5.69 Å². The third kappa shape index (κ3) is 2.91. The highest BCUT2D eigenvalue weighted by molar-refractivity contribution is 7.13. The highest BCUT2D eigenvalue weighted by Gasteiger charge is 2.12. The maximum absolute atomic E-state index is 11.6. The van der Waals surface area contributed by atoms with Gasteiger partial charge in [-0.1, -0.05) is 6.07 Å². The number of nitrogens with zero attached hydrogens (tertiary/aromatic N) is 3. The first-order chi connectivity index (χ1) is 8.70. The molecule has 0 atom stereocenters. The standard InChI is InChI=1S/C12H13N3O2S/c1-15(17-2)11(16)7-9-8-18-12(14-9)10-5-3-4-6-13-10/h3-6,8H,7H2,1-2H3. The molecular weight excluding hydrogens is 250 g/mol. The predicted molar refractivity (Wildman–Crippen MR) is 68.8 cm³/mol. The van der Waals surface area contributed by atoms with Gasteiger partial charge in [-0.25, -0.2) is 10.0 Å². The van der Waals surface area contributed by atoms with Crippen LogP contribution in [0.25, 0.3) is 10.7 Å². The fourth-order valence-corrected chi connectivity index (χ4v) is 2.16. The lowest BCUT2D eigenvalue weighted by Crippen LogP contribution is -2.27. The zero-order chi connectivity index (χ0) is 13.0. The third-order valence-corrected chi connectivity index (χ3v) is 3.31. The zero-order valence-corrected chi connectivity index (χ0v) is 11.0. The van der Waals surface area contributed by atoms with Crippen LogP contribution in [-0.2, 0) is 16.1 Å². The van der Waals surface area contributed by atoms with Gasteiger partial charge in [0.25, 0.3) is 5.91 Å². The van der Waals surface area contributed by atoms with E-state index < -0.39 is 0 Å². The number of hydroxylamine groups is 2. The Labute approximate surface area is 109 Å². The molecule has 2 heterocycles. The molecule has 2 rings (SSSR count). The van der Waals surface area contributed by atoms with Gasteiger partial charge in [0.15, 0.2) is 0 Å². The molecule has 0 saturated carbocycles. The molecule has 5 nitrogen and oxygen atoms in total. The smallest absolute Gasteiger partial charge is 0.251 e. The SMILES string of the molecule is CON(C)C(=O)Cc1csc(-c2ccccn2)n1. The molecule has 2 aromatic rings. The van der Waals surface area contributed by atoms with Gasteiger partial charge in [-0.05, 0) is 12.1 Å². The van der Waals surface area contributed by atoms with Crippen LogP contribution in [0, 0.1) is 0 Å². The van der Waals surface area contributed by atoms with Crippen molar-refractivity contribution in [2.75, 3.05) is 14.2 Å². The summed E-state index contributed by atoms with van der Waals surface area (Å²) in [7, 11) is 3.03. The Morgan fingerprint density at radius 1 is 1.50 bits per heavy atom. The van der Waals surface area contributed by atoms with Crippen molar-refractivity contribution in [1.29, 1.82) is 0 Å². The van der Waals surface area contributed by atoms with Gasteiger partial charge in [0, 0.05) is 18.6 Å². The molecule has 0 aliphatic heterocycles. The Bertz CT molecular complexity index is 527. The maximum Gasteiger partial charge on any atom is 0.251 e. The minimum absolute atomic E-state index is 0.129. The van der Waals surface area contributed by atoms with Crippen molar-refractivity contribution in [1.82, 2.24) is 15.0 Å². The van der Waals surface area contributed by atoms with Crippen molar-refractivity contribution in [2.24, 2.45) is 0 Å². The van der Waals surface area contributed by atoms with Gasteiger partial charge in [-0.15, -0.1) is 11.3 Å². The second-order valence-electron chi connectivity index (χ2n) is 3.61. The molecule has 0 spiro atoms. The van der Waals surface area contributed by atoms with Crippen molar-refractivity contribution in [3.63, 3.8) is 0 Å². The highest BCUT2D eigenvalue weighted by atomic mass is 32.1. The van der Waals surface area contributed by atoms with E-state index >= 15 is 0 Å². The van der Waals surface area contributed by atoms with Gasteiger partial charge in [-0.2, -0.15) is 0 Å². The Hall–Kier alpha value is -1.79. The molecule has 0 bridgehead atoms. The van der Waals surface area contributed by atoms with Crippen molar-refractivity contribution >= 4 is 17.2 Å². The van der Waals surface area contributed by atoms with Crippen LogP contribution in [0.2, 0.25) is 0 Å². The first kappa shape index (κ1) is 12.7. The summed E-state index contributed by atoms with van der Waals surface area (Å²) in [6, 6.07) is 5.66. The number of likely N-dealkylation sites (N-methyl/N-ethyl adjacent to an activating group) is 1. The predicted octanol–water partition coefficient (Wildman–Crippen LogP) is 1.77. The van der Waals surface area contributed by atoms with Crippen molar-refractivity contribution < 1.29 is 9.63 Å². The van der Waals surface area contributed by atoms with E-state index in [1.807, 2.05) is 23.6 Å². The van der Waals surface area contributed by atoms with Gasteiger partial charge in [0.1, 0.15) is 5.01 Å². The van der Waals surface area contributed by atoms with E-state index in [1.54, 1.807) is 13.2 Å². The molecule has 0 saturated heterocycles. The summed E-state index contributed by atoms with van der Waals surface area (Å²) >= 11 is 1.48. The van der Waals surface area contributed by atoms with Crippen LogP contribution in [0.5, 0.6) is 0 Å². The Kier molecular flexibility index (Phi) is 4.01. The number of thiazole rings is 1.